The van der Waals surface area contributed by atoms with Crippen LogP contribution in [0.5, 0.6) is 5.75 Å². The number of piperazine rings is 1. The molecule has 5 nitrogen and oxygen atoms in total. The lowest BCUT2D eigenvalue weighted by Gasteiger charge is -2.36. The molecule has 2 aromatic carbocycles. The highest BCUT2D eigenvalue weighted by Gasteiger charge is 2.22. The van der Waals surface area contributed by atoms with Gasteiger partial charge in [0.2, 0.25) is 0 Å². The van der Waals surface area contributed by atoms with Crippen molar-refractivity contribution in [3.8, 4) is 16.3 Å². The van der Waals surface area contributed by atoms with E-state index in [0.29, 0.717) is 13.1 Å². The van der Waals surface area contributed by atoms with Crippen LogP contribution < -0.4 is 9.64 Å². The zero-order chi connectivity index (χ0) is 18.6. The third kappa shape index (κ3) is 3.80. The predicted octanol–water partition coefficient (Wildman–Crippen LogP) is 3.78. The lowest BCUT2D eigenvalue weighted by molar-refractivity contribution is 0.0747. The van der Waals surface area contributed by atoms with Crippen LogP contribution in [0, 0.1) is 0 Å². The van der Waals surface area contributed by atoms with E-state index in [9.17, 15) is 4.79 Å². The van der Waals surface area contributed by atoms with Gasteiger partial charge in [0.05, 0.1) is 7.11 Å². The van der Waals surface area contributed by atoms with Gasteiger partial charge in [0, 0.05) is 54.6 Å². The van der Waals surface area contributed by atoms with Crippen molar-refractivity contribution in [2.24, 2.45) is 0 Å². The number of aromatic nitrogens is 1. The topological polar surface area (TPSA) is 45.7 Å². The number of methoxy groups -OCH3 is 1. The van der Waals surface area contributed by atoms with Crippen LogP contribution in [0.4, 0.5) is 5.69 Å². The summed E-state index contributed by atoms with van der Waals surface area (Å²) in [4.78, 5) is 21.5. The Labute approximate surface area is 162 Å². The third-order valence-corrected chi connectivity index (χ3v) is 5.62. The van der Waals surface area contributed by atoms with Gasteiger partial charge in [-0.15, -0.1) is 11.3 Å². The number of carbonyl (C=O) groups is 1. The van der Waals surface area contributed by atoms with Crippen LogP contribution in [0.15, 0.2) is 60.1 Å². The molecule has 1 amide bonds. The van der Waals surface area contributed by atoms with Crippen LogP contribution in [0.2, 0.25) is 0 Å². The van der Waals surface area contributed by atoms with Gasteiger partial charge in [-0.05, 0) is 36.4 Å². The van der Waals surface area contributed by atoms with E-state index in [-0.39, 0.29) is 5.91 Å². The number of hydrogen-bond acceptors (Lipinski definition) is 5. The van der Waals surface area contributed by atoms with Crippen LogP contribution in [0.1, 0.15) is 10.4 Å². The van der Waals surface area contributed by atoms with Crippen LogP contribution in [-0.2, 0) is 0 Å². The van der Waals surface area contributed by atoms with E-state index in [1.54, 1.807) is 24.6 Å². The van der Waals surface area contributed by atoms with E-state index in [4.69, 9.17) is 4.74 Å². The van der Waals surface area contributed by atoms with Crippen LogP contribution >= 0.6 is 11.3 Å². The summed E-state index contributed by atoms with van der Waals surface area (Å²) < 4.78 is 5.22. The minimum atomic E-state index is 0.0859. The maximum absolute atomic E-state index is 12.9. The monoisotopic (exact) mass is 379 g/mol. The van der Waals surface area contributed by atoms with Gasteiger partial charge in [-0.25, -0.2) is 4.98 Å². The zero-order valence-corrected chi connectivity index (χ0v) is 16.0. The van der Waals surface area contributed by atoms with Gasteiger partial charge < -0.3 is 14.5 Å². The molecule has 27 heavy (non-hydrogen) atoms. The van der Waals surface area contributed by atoms with Crippen molar-refractivity contribution in [2.75, 3.05) is 38.2 Å². The fraction of sp³-hybridized carbons (Fsp3) is 0.238. The van der Waals surface area contributed by atoms with Crippen molar-refractivity contribution in [2.45, 2.75) is 0 Å². The molecule has 1 aliphatic heterocycles. The molecule has 4 rings (SSSR count). The van der Waals surface area contributed by atoms with Crippen molar-refractivity contribution in [1.82, 2.24) is 9.88 Å². The summed E-state index contributed by atoms with van der Waals surface area (Å²) in [6, 6.07) is 15.8. The Bertz CT molecular complexity index is 901. The van der Waals surface area contributed by atoms with E-state index in [1.165, 1.54) is 0 Å². The van der Waals surface area contributed by atoms with Gasteiger partial charge in [-0.1, -0.05) is 12.1 Å². The number of benzene rings is 2. The van der Waals surface area contributed by atoms with Crippen LogP contribution in [0.25, 0.3) is 10.6 Å². The molecule has 2 heterocycles. The van der Waals surface area contributed by atoms with Crippen molar-refractivity contribution in [3.05, 3.63) is 65.7 Å². The van der Waals surface area contributed by atoms with E-state index >= 15 is 0 Å². The second-order valence-electron chi connectivity index (χ2n) is 6.40. The maximum atomic E-state index is 12.9. The molecule has 0 spiro atoms. The highest BCUT2D eigenvalue weighted by Crippen LogP contribution is 2.24. The van der Waals surface area contributed by atoms with E-state index in [0.717, 1.165) is 40.7 Å². The molecule has 1 aromatic heterocycles. The molecule has 6 heteroatoms. The van der Waals surface area contributed by atoms with Gasteiger partial charge in [0.15, 0.2) is 0 Å². The fourth-order valence-electron chi connectivity index (χ4n) is 3.29. The SMILES string of the molecule is COc1ccc(N2CCN(C(=O)c3cccc(-c4nccs4)c3)CC2)cc1. The second kappa shape index (κ2) is 7.80. The van der Waals surface area contributed by atoms with Crippen molar-refractivity contribution >= 4 is 22.9 Å². The summed E-state index contributed by atoms with van der Waals surface area (Å²) in [6.07, 6.45) is 1.78. The first-order chi connectivity index (χ1) is 13.2. The number of thiazole rings is 1. The minimum Gasteiger partial charge on any atom is -0.497 e. The lowest BCUT2D eigenvalue weighted by Crippen LogP contribution is -2.48. The summed E-state index contributed by atoms with van der Waals surface area (Å²) >= 11 is 1.58. The van der Waals surface area contributed by atoms with Crippen molar-refractivity contribution in [1.29, 1.82) is 0 Å². The van der Waals surface area contributed by atoms with Crippen molar-refractivity contribution < 1.29 is 9.53 Å². The number of anilines is 1. The molecule has 3 aromatic rings. The van der Waals surface area contributed by atoms with Crippen LogP contribution in [-0.4, -0.2) is 49.1 Å². The number of ether oxygens (including phenoxy) is 1. The largest absolute Gasteiger partial charge is 0.497 e. The Balaban J connectivity index is 1.42. The number of carbonyl (C=O) groups excluding carboxylic acids is 1. The van der Waals surface area contributed by atoms with Gasteiger partial charge >= 0.3 is 0 Å². The molecule has 0 saturated carbocycles. The molecule has 0 N–H and O–H groups in total. The lowest BCUT2D eigenvalue weighted by atomic mass is 10.1. The number of amides is 1. The highest BCUT2D eigenvalue weighted by molar-refractivity contribution is 7.13. The molecule has 0 radical (unpaired) electrons. The summed E-state index contributed by atoms with van der Waals surface area (Å²) in [5, 5.41) is 2.89. The van der Waals surface area contributed by atoms with Gasteiger partial charge in [0.25, 0.3) is 5.91 Å². The van der Waals surface area contributed by atoms with Gasteiger partial charge in [0.1, 0.15) is 10.8 Å². The maximum Gasteiger partial charge on any atom is 0.253 e. The summed E-state index contributed by atoms with van der Waals surface area (Å²) in [7, 11) is 1.67. The van der Waals surface area contributed by atoms with E-state index in [2.05, 4.69) is 22.0 Å². The molecule has 138 valence electrons. The molecule has 1 aliphatic rings. The Morgan fingerprint density at radius 2 is 1.85 bits per heavy atom. The molecule has 1 fully saturated rings. The first-order valence-corrected chi connectivity index (χ1v) is 9.81. The van der Waals surface area contributed by atoms with Gasteiger partial charge in [-0.2, -0.15) is 0 Å². The number of nitrogens with zero attached hydrogens (tertiary/aromatic N) is 3. The zero-order valence-electron chi connectivity index (χ0n) is 15.2. The first-order valence-electron chi connectivity index (χ1n) is 8.93. The number of hydrogen-bond donors (Lipinski definition) is 0. The Morgan fingerprint density at radius 3 is 2.52 bits per heavy atom. The summed E-state index contributed by atoms with van der Waals surface area (Å²) in [5.41, 5.74) is 2.88. The molecule has 0 atom stereocenters. The predicted molar refractivity (Wildman–Crippen MR) is 109 cm³/mol. The molecular weight excluding hydrogens is 358 g/mol. The second-order valence-corrected chi connectivity index (χ2v) is 7.29. The molecule has 0 bridgehead atoms. The average Bonchev–Trinajstić information content (AvgIpc) is 3.29. The quantitative estimate of drug-likeness (QED) is 0.692. The molecule has 0 unspecified atom stereocenters. The normalized spacial score (nSPS) is 14.3. The number of rotatable bonds is 4. The minimum absolute atomic E-state index is 0.0859. The van der Waals surface area contributed by atoms with Crippen LogP contribution in [0.3, 0.4) is 0 Å². The third-order valence-electron chi connectivity index (χ3n) is 4.79. The Hall–Kier alpha value is -2.86. The Morgan fingerprint density at radius 1 is 1.07 bits per heavy atom. The summed E-state index contributed by atoms with van der Waals surface area (Å²) in [6.45, 7) is 3.08. The van der Waals surface area contributed by atoms with Gasteiger partial charge in [-0.3, -0.25) is 4.79 Å². The van der Waals surface area contributed by atoms with E-state index in [1.807, 2.05) is 46.7 Å². The molecule has 1 saturated heterocycles. The smallest absolute Gasteiger partial charge is 0.253 e. The van der Waals surface area contributed by atoms with Crippen molar-refractivity contribution in [3.63, 3.8) is 0 Å². The highest BCUT2D eigenvalue weighted by atomic mass is 32.1. The average molecular weight is 379 g/mol. The fourth-order valence-corrected chi connectivity index (χ4v) is 3.93. The Kier molecular flexibility index (Phi) is 5.07. The van der Waals surface area contributed by atoms with E-state index < -0.39 is 0 Å². The molecule has 0 aliphatic carbocycles. The summed E-state index contributed by atoms with van der Waals surface area (Å²) in [5.74, 6) is 0.940. The standard InChI is InChI=1S/C21H21N3O2S/c1-26-19-7-5-18(6-8-19)23-10-12-24(13-11-23)21(25)17-4-2-3-16(15-17)20-22-9-14-27-20/h2-9,14-15H,10-13H2,1H3. The first kappa shape index (κ1) is 17.5. The molecular formula is C21H21N3O2S.